The Bertz CT molecular complexity index is 1400. The standard InChI is InChI=1S/C30H34N4O5/c1-20(4-10-27(31)32-2)5-11-28(35)33-19-25-17-24-16-23(18-26(37-3)29(24)39-25)21-6-8-22(9-7-21)30(36)34-12-14-38-15-13-34/h4-11,16-18,30,36H,2,12-15,19,31H2,1,3H3,(H,33,35)/b11-5+,20-4+,27-10-. The molecule has 1 aromatic heterocycles. The van der Waals surface area contributed by atoms with Crippen LogP contribution in [0.15, 0.2) is 87.6 Å². The van der Waals surface area contributed by atoms with Crippen molar-refractivity contribution in [2.45, 2.75) is 19.7 Å². The number of hydrogen-bond donors (Lipinski definition) is 3. The van der Waals surface area contributed by atoms with Gasteiger partial charge in [-0.15, -0.1) is 0 Å². The third kappa shape index (κ3) is 7.23. The molecule has 9 nitrogen and oxygen atoms in total. The van der Waals surface area contributed by atoms with Crippen molar-refractivity contribution in [3.63, 3.8) is 0 Å². The molecule has 1 aliphatic heterocycles. The van der Waals surface area contributed by atoms with Gasteiger partial charge in [0.15, 0.2) is 11.3 Å². The summed E-state index contributed by atoms with van der Waals surface area (Å²) in [5, 5.41) is 14.4. The Morgan fingerprint density at radius 2 is 1.92 bits per heavy atom. The number of amides is 1. The van der Waals surface area contributed by atoms with Crippen molar-refractivity contribution >= 4 is 23.6 Å². The molecule has 39 heavy (non-hydrogen) atoms. The van der Waals surface area contributed by atoms with Gasteiger partial charge in [-0.1, -0.05) is 42.0 Å². The number of nitrogens with zero attached hydrogens (tertiary/aromatic N) is 2. The smallest absolute Gasteiger partial charge is 0.244 e. The summed E-state index contributed by atoms with van der Waals surface area (Å²) in [5.41, 5.74) is 9.80. The van der Waals surface area contributed by atoms with Gasteiger partial charge in [0.1, 0.15) is 17.8 Å². The number of aliphatic hydroxyl groups excluding tert-OH is 1. The van der Waals surface area contributed by atoms with E-state index in [0.29, 0.717) is 49.2 Å². The predicted octanol–water partition coefficient (Wildman–Crippen LogP) is 4.05. The first kappa shape index (κ1) is 27.8. The van der Waals surface area contributed by atoms with E-state index in [0.717, 1.165) is 27.6 Å². The number of rotatable bonds is 10. The van der Waals surface area contributed by atoms with Crippen LogP contribution in [0.25, 0.3) is 22.1 Å². The Hall–Kier alpha value is -4.18. The van der Waals surface area contributed by atoms with Crippen LogP contribution in [0, 0.1) is 0 Å². The Kier molecular flexibility index (Phi) is 9.32. The molecule has 9 heteroatoms. The van der Waals surface area contributed by atoms with E-state index < -0.39 is 6.23 Å². The van der Waals surface area contributed by atoms with Crippen molar-refractivity contribution < 1.29 is 23.8 Å². The monoisotopic (exact) mass is 530 g/mol. The zero-order valence-electron chi connectivity index (χ0n) is 22.2. The molecule has 2 heterocycles. The highest BCUT2D eigenvalue weighted by Crippen LogP contribution is 2.35. The molecule has 4 rings (SSSR count). The zero-order valence-corrected chi connectivity index (χ0v) is 22.2. The van der Waals surface area contributed by atoms with E-state index in [1.807, 2.05) is 54.3 Å². The molecule has 0 spiro atoms. The van der Waals surface area contributed by atoms with Crippen molar-refractivity contribution in [2.75, 3.05) is 33.4 Å². The van der Waals surface area contributed by atoms with E-state index in [2.05, 4.69) is 17.0 Å². The molecule has 3 aromatic rings. The number of allylic oxidation sites excluding steroid dienone is 4. The zero-order chi connectivity index (χ0) is 27.8. The van der Waals surface area contributed by atoms with Crippen LogP contribution in [0.3, 0.4) is 0 Å². The van der Waals surface area contributed by atoms with E-state index in [1.54, 1.807) is 25.3 Å². The highest BCUT2D eigenvalue weighted by atomic mass is 16.5. The van der Waals surface area contributed by atoms with Crippen molar-refractivity contribution in [3.8, 4) is 16.9 Å². The second kappa shape index (κ2) is 13.1. The van der Waals surface area contributed by atoms with Gasteiger partial charge < -0.3 is 30.0 Å². The molecule has 1 aliphatic rings. The molecule has 204 valence electrons. The van der Waals surface area contributed by atoms with Gasteiger partial charge in [0.05, 0.1) is 26.9 Å². The van der Waals surface area contributed by atoms with E-state index in [9.17, 15) is 9.90 Å². The number of ether oxygens (including phenoxy) is 2. The fourth-order valence-electron chi connectivity index (χ4n) is 4.23. The highest BCUT2D eigenvalue weighted by molar-refractivity contribution is 5.90. The summed E-state index contributed by atoms with van der Waals surface area (Å²) in [5.74, 6) is 1.25. The van der Waals surface area contributed by atoms with Gasteiger partial charge in [-0.2, -0.15) is 0 Å². The van der Waals surface area contributed by atoms with Crippen LogP contribution in [0.2, 0.25) is 0 Å². The average molecular weight is 531 g/mol. The third-order valence-corrected chi connectivity index (χ3v) is 6.42. The van der Waals surface area contributed by atoms with Gasteiger partial charge in [0.25, 0.3) is 0 Å². The van der Waals surface area contributed by atoms with Crippen molar-refractivity contribution in [1.82, 2.24) is 10.2 Å². The number of nitrogens with two attached hydrogens (primary N) is 1. The number of nitrogens with one attached hydrogen (secondary N) is 1. The van der Waals surface area contributed by atoms with Gasteiger partial charge in [-0.3, -0.25) is 9.69 Å². The Morgan fingerprint density at radius 3 is 2.62 bits per heavy atom. The first-order valence-electron chi connectivity index (χ1n) is 12.7. The molecule has 4 N–H and O–H groups in total. The molecule has 1 saturated heterocycles. The lowest BCUT2D eigenvalue weighted by Crippen LogP contribution is -2.38. The Labute approximate surface area is 227 Å². The summed E-state index contributed by atoms with van der Waals surface area (Å²) in [6.07, 6.45) is 5.83. The first-order chi connectivity index (χ1) is 18.9. The number of carbonyl (C=O) groups excluding carboxylic acids is 1. The summed E-state index contributed by atoms with van der Waals surface area (Å²) in [7, 11) is 1.60. The van der Waals surface area contributed by atoms with Crippen molar-refractivity contribution in [1.29, 1.82) is 0 Å². The van der Waals surface area contributed by atoms with E-state index in [4.69, 9.17) is 19.6 Å². The molecule has 0 aliphatic carbocycles. The predicted molar refractivity (Wildman–Crippen MR) is 152 cm³/mol. The molecule has 0 radical (unpaired) electrons. The summed E-state index contributed by atoms with van der Waals surface area (Å²) in [4.78, 5) is 17.9. The molecule has 1 atom stereocenters. The van der Waals surface area contributed by atoms with E-state index in [1.165, 1.54) is 6.08 Å². The van der Waals surface area contributed by atoms with Crippen molar-refractivity contribution in [2.24, 2.45) is 10.7 Å². The van der Waals surface area contributed by atoms with Crippen LogP contribution in [0.1, 0.15) is 24.5 Å². The number of benzene rings is 2. The fourth-order valence-corrected chi connectivity index (χ4v) is 4.23. The number of furan rings is 1. The van der Waals surface area contributed by atoms with Crippen LogP contribution >= 0.6 is 0 Å². The minimum Gasteiger partial charge on any atom is -0.493 e. The fraction of sp³-hybridized carbons (Fsp3) is 0.267. The normalized spacial score (nSPS) is 16.0. The third-order valence-electron chi connectivity index (χ3n) is 6.42. The van der Waals surface area contributed by atoms with Gasteiger partial charge in [-0.05, 0) is 54.6 Å². The molecule has 0 saturated carbocycles. The lowest BCUT2D eigenvalue weighted by atomic mass is 10.0. The highest BCUT2D eigenvalue weighted by Gasteiger charge is 2.20. The van der Waals surface area contributed by atoms with E-state index >= 15 is 0 Å². The largest absolute Gasteiger partial charge is 0.493 e. The second-order valence-corrected chi connectivity index (χ2v) is 9.17. The van der Waals surface area contributed by atoms with Crippen LogP contribution in [0.5, 0.6) is 5.75 Å². The molecule has 1 fully saturated rings. The number of morpholine rings is 1. The van der Waals surface area contributed by atoms with E-state index in [-0.39, 0.29) is 12.5 Å². The maximum atomic E-state index is 12.3. The molecular formula is C30H34N4O5. The Morgan fingerprint density at radius 1 is 1.18 bits per heavy atom. The maximum absolute atomic E-state index is 12.3. The first-order valence-corrected chi connectivity index (χ1v) is 12.7. The minimum absolute atomic E-state index is 0.223. The van der Waals surface area contributed by atoms with Gasteiger partial charge in [0, 0.05) is 24.6 Å². The van der Waals surface area contributed by atoms with Crippen LogP contribution in [0.4, 0.5) is 0 Å². The maximum Gasteiger partial charge on any atom is 0.244 e. The molecule has 1 amide bonds. The number of hydrogen-bond acceptors (Lipinski definition) is 8. The van der Waals surface area contributed by atoms with Crippen LogP contribution in [-0.2, 0) is 16.1 Å². The number of methoxy groups -OCH3 is 1. The quantitative estimate of drug-likeness (QED) is 0.205. The number of aliphatic hydroxyl groups is 1. The minimum atomic E-state index is -0.661. The molecular weight excluding hydrogens is 496 g/mol. The van der Waals surface area contributed by atoms with Crippen molar-refractivity contribution in [3.05, 3.63) is 89.5 Å². The number of aliphatic imine (C=N–C) groups is 1. The Balaban J connectivity index is 1.45. The summed E-state index contributed by atoms with van der Waals surface area (Å²) in [6, 6.07) is 13.7. The van der Waals surface area contributed by atoms with Crippen LogP contribution < -0.4 is 15.8 Å². The lowest BCUT2D eigenvalue weighted by Gasteiger charge is -2.31. The number of carbonyl (C=O) groups is 1. The summed E-state index contributed by atoms with van der Waals surface area (Å²) < 4.78 is 17.0. The molecule has 0 bridgehead atoms. The van der Waals surface area contributed by atoms with Crippen LogP contribution in [-0.4, -0.2) is 56.0 Å². The topological polar surface area (TPSA) is 123 Å². The molecule has 2 aromatic carbocycles. The average Bonchev–Trinajstić information content (AvgIpc) is 3.40. The molecule has 1 unspecified atom stereocenters. The lowest BCUT2D eigenvalue weighted by molar-refractivity contribution is -0.116. The second-order valence-electron chi connectivity index (χ2n) is 9.17. The van der Waals surface area contributed by atoms with Gasteiger partial charge in [0.2, 0.25) is 5.91 Å². The van der Waals surface area contributed by atoms with Gasteiger partial charge >= 0.3 is 0 Å². The summed E-state index contributed by atoms with van der Waals surface area (Å²) in [6.45, 7) is 8.08. The van der Waals surface area contributed by atoms with Gasteiger partial charge in [-0.25, -0.2) is 4.99 Å². The SMILES string of the molecule is C=N\C(N)=C/C=C(C)/C=C/C(=O)NCc1cc2cc(-c3ccc(C(O)N4CCOCC4)cc3)cc(OC)c2o1. The summed E-state index contributed by atoms with van der Waals surface area (Å²) >= 11 is 0. The number of fused-ring (bicyclic) bond motifs is 1.